The van der Waals surface area contributed by atoms with Crippen LogP contribution in [-0.2, 0) is 32.7 Å². The Labute approximate surface area is 330 Å². The third kappa shape index (κ3) is 39.4. The smallest absolute Gasteiger partial charge is 0.472 e. The van der Waals surface area contributed by atoms with E-state index in [2.05, 4.69) is 32.1 Å². The van der Waals surface area contributed by atoms with Crippen LogP contribution in [0.1, 0.15) is 155 Å². The Morgan fingerprint density at radius 3 is 1.87 bits per heavy atom. The molecule has 54 heavy (non-hydrogen) atoms. The molecule has 9 nitrogen and oxygen atoms in total. The summed E-state index contributed by atoms with van der Waals surface area (Å²) in [5, 5.41) is 0. The van der Waals surface area contributed by atoms with E-state index in [1.165, 1.54) is 70.6 Å². The molecule has 0 bridgehead atoms. The van der Waals surface area contributed by atoms with E-state index in [0.29, 0.717) is 23.9 Å². The van der Waals surface area contributed by atoms with Crippen molar-refractivity contribution in [3.8, 4) is 0 Å². The van der Waals surface area contributed by atoms with Crippen molar-refractivity contribution in [1.82, 2.24) is 0 Å². The number of phosphoric ester groups is 1. The maximum absolute atomic E-state index is 12.6. The Morgan fingerprint density at radius 1 is 0.648 bits per heavy atom. The van der Waals surface area contributed by atoms with Crippen molar-refractivity contribution in [2.75, 3.05) is 47.5 Å². The fraction of sp³-hybridized carbons (Fsp3) is 0.727. The fourth-order valence-electron chi connectivity index (χ4n) is 5.29. The first-order valence-electron chi connectivity index (χ1n) is 21.0. The van der Waals surface area contributed by atoms with Crippen LogP contribution in [0.4, 0.5) is 0 Å². The highest BCUT2D eigenvalue weighted by molar-refractivity contribution is 7.47. The number of rotatable bonds is 38. The minimum atomic E-state index is -4.32. The highest BCUT2D eigenvalue weighted by atomic mass is 31.2. The molecule has 0 aromatic rings. The Bertz CT molecular complexity index is 1110. The molecule has 1 unspecified atom stereocenters. The molecule has 0 fully saturated rings. The summed E-state index contributed by atoms with van der Waals surface area (Å²) in [6.45, 7) is 4.67. The average Bonchev–Trinajstić information content (AvgIpc) is 3.11. The predicted molar refractivity (Wildman–Crippen MR) is 224 cm³/mol. The number of carbonyl (C=O) groups is 2. The molecule has 0 amide bonds. The second kappa shape index (κ2) is 36.4. The molecule has 0 aliphatic heterocycles. The summed E-state index contributed by atoms with van der Waals surface area (Å²) in [5.74, 6) is -0.235. The van der Waals surface area contributed by atoms with Crippen LogP contribution in [-0.4, -0.2) is 74.7 Å². The van der Waals surface area contributed by atoms with Crippen LogP contribution in [0, 0.1) is 0 Å². The van der Waals surface area contributed by atoms with E-state index in [0.717, 1.165) is 51.4 Å². The molecule has 10 heteroatoms. The van der Waals surface area contributed by atoms with Crippen LogP contribution < -0.4 is 0 Å². The zero-order chi connectivity index (χ0) is 40.0. The Morgan fingerprint density at radius 2 is 1.22 bits per heavy atom. The van der Waals surface area contributed by atoms with Crippen molar-refractivity contribution in [2.45, 2.75) is 161 Å². The molecule has 312 valence electrons. The van der Waals surface area contributed by atoms with E-state index in [1.807, 2.05) is 51.5 Å². The largest absolute Gasteiger partial charge is 0.498 e. The van der Waals surface area contributed by atoms with Crippen molar-refractivity contribution >= 4 is 19.6 Å². The van der Waals surface area contributed by atoms with Gasteiger partial charge < -0.3 is 18.9 Å². The highest BCUT2D eigenvalue weighted by Crippen LogP contribution is 2.43. The van der Waals surface area contributed by atoms with Gasteiger partial charge in [-0.25, -0.2) is 4.57 Å². The number of quaternary nitrogens is 1. The predicted octanol–water partition coefficient (Wildman–Crippen LogP) is 11.7. The number of nitrogens with zero attached hydrogens (tertiary/aromatic N) is 1. The molecule has 0 saturated heterocycles. The molecular weight excluding hydrogens is 701 g/mol. The first kappa shape index (κ1) is 51.7. The quantitative estimate of drug-likeness (QED) is 0.00964. The van der Waals surface area contributed by atoms with E-state index < -0.39 is 19.9 Å². The van der Waals surface area contributed by atoms with Gasteiger partial charge in [0.15, 0.2) is 11.9 Å². The number of hydrogen-bond donors (Lipinski definition) is 1. The van der Waals surface area contributed by atoms with Crippen molar-refractivity contribution in [2.24, 2.45) is 0 Å². The van der Waals surface area contributed by atoms with Crippen LogP contribution in [0.2, 0.25) is 0 Å². The number of esters is 1. The lowest BCUT2D eigenvalue weighted by Gasteiger charge is -2.24. The van der Waals surface area contributed by atoms with Crippen LogP contribution in [0.15, 0.2) is 60.9 Å². The molecule has 0 saturated carbocycles. The van der Waals surface area contributed by atoms with Crippen molar-refractivity contribution in [1.29, 1.82) is 0 Å². The van der Waals surface area contributed by atoms with Crippen molar-refractivity contribution in [3.05, 3.63) is 60.9 Å². The highest BCUT2D eigenvalue weighted by Gasteiger charge is 2.26. The number of unbranched alkanes of at least 4 members (excludes halogenated alkanes) is 15. The van der Waals surface area contributed by atoms with E-state index >= 15 is 0 Å². The molecule has 0 aliphatic carbocycles. The summed E-state index contributed by atoms with van der Waals surface area (Å²) < 4.78 is 34.6. The van der Waals surface area contributed by atoms with Gasteiger partial charge in [0.1, 0.15) is 19.8 Å². The molecular formula is C44H79NO8P+. The zero-order valence-electron chi connectivity index (χ0n) is 34.9. The van der Waals surface area contributed by atoms with E-state index in [1.54, 1.807) is 12.3 Å². The second-order valence-corrected chi connectivity index (χ2v) is 16.6. The topological polar surface area (TPSA) is 108 Å². The number of allylic oxidation sites excluding steroid dienone is 9. The second-order valence-electron chi connectivity index (χ2n) is 15.1. The molecule has 1 N–H and O–H groups in total. The van der Waals surface area contributed by atoms with Crippen LogP contribution in [0.25, 0.3) is 0 Å². The number of carbonyl (C=O) groups excluding carboxylic acids is 2. The summed E-state index contributed by atoms with van der Waals surface area (Å²) in [6, 6.07) is 0. The maximum Gasteiger partial charge on any atom is 0.472 e. The van der Waals surface area contributed by atoms with Crippen LogP contribution in [0.3, 0.4) is 0 Å². The Balaban J connectivity index is 4.48. The van der Waals surface area contributed by atoms with E-state index in [4.69, 9.17) is 18.5 Å². The van der Waals surface area contributed by atoms with Gasteiger partial charge in [-0.05, 0) is 57.1 Å². The summed E-state index contributed by atoms with van der Waals surface area (Å²) in [7, 11) is 1.56. The average molecular weight is 781 g/mol. The molecule has 0 spiro atoms. The lowest BCUT2D eigenvalue weighted by atomic mass is 10.0. The van der Waals surface area contributed by atoms with Gasteiger partial charge in [0.05, 0.1) is 34.0 Å². The Kier molecular flexibility index (Phi) is 34.8. The first-order chi connectivity index (χ1) is 26.0. The standard InChI is InChI=1S/C44H78NO8P/c1-6-8-10-11-12-13-14-15-16-20-23-26-29-33-38-50-40-43(41-52-54(48,49)51-39-37-45(3,4)5)53-44(47)36-32-28-25-22-19-17-18-21-24-27-31-35-42(46)34-30-9-7-2/h17-18,22,24-25,27,31,33,35,38,43H,6-16,19-21,23,26,28-30,32,34,36-37,39-41H2,1-5H3/p+1/b18-17-,25-22-,27-24-,35-31+,38-33+/t43-/m1/s1. The number of ether oxygens (including phenoxy) is 2. The first-order valence-corrected chi connectivity index (χ1v) is 22.5. The van der Waals surface area contributed by atoms with Gasteiger partial charge in [-0.2, -0.15) is 0 Å². The summed E-state index contributed by atoms with van der Waals surface area (Å²) in [5.41, 5.74) is 0. The Hall–Kier alpha value is -2.29. The molecule has 2 atom stereocenters. The van der Waals surface area contributed by atoms with Gasteiger partial charge >= 0.3 is 13.8 Å². The molecule has 0 heterocycles. The third-order valence-corrected chi connectivity index (χ3v) is 9.61. The number of phosphoric acid groups is 1. The fourth-order valence-corrected chi connectivity index (χ4v) is 6.03. The van der Waals surface area contributed by atoms with Crippen LogP contribution in [0.5, 0.6) is 0 Å². The number of ketones is 1. The third-order valence-electron chi connectivity index (χ3n) is 8.62. The van der Waals surface area contributed by atoms with Gasteiger partial charge in [0.25, 0.3) is 0 Å². The number of likely N-dealkylation sites (N-methyl/N-ethyl adjacent to an activating group) is 1. The molecule has 0 aliphatic rings. The molecule has 0 radical (unpaired) electrons. The zero-order valence-corrected chi connectivity index (χ0v) is 35.8. The molecule has 0 aromatic heterocycles. The van der Waals surface area contributed by atoms with Gasteiger partial charge in [-0.3, -0.25) is 18.6 Å². The summed E-state index contributed by atoms with van der Waals surface area (Å²) >= 11 is 0. The minimum Gasteiger partial charge on any atom is -0.498 e. The van der Waals surface area contributed by atoms with Gasteiger partial charge in [-0.15, -0.1) is 0 Å². The monoisotopic (exact) mass is 781 g/mol. The van der Waals surface area contributed by atoms with Gasteiger partial charge in [0.2, 0.25) is 0 Å². The molecule has 0 rings (SSSR count). The summed E-state index contributed by atoms with van der Waals surface area (Å²) in [4.78, 5) is 34.5. The van der Waals surface area contributed by atoms with E-state index in [-0.39, 0.29) is 32.0 Å². The van der Waals surface area contributed by atoms with Gasteiger partial charge in [0, 0.05) is 12.8 Å². The maximum atomic E-state index is 12.6. The number of hydrogen-bond acceptors (Lipinski definition) is 7. The van der Waals surface area contributed by atoms with E-state index in [9.17, 15) is 19.0 Å². The van der Waals surface area contributed by atoms with Crippen LogP contribution >= 0.6 is 7.82 Å². The normalized spacial score (nSPS) is 14.3. The lowest BCUT2D eigenvalue weighted by Crippen LogP contribution is -2.37. The van der Waals surface area contributed by atoms with Gasteiger partial charge in [-0.1, -0.05) is 140 Å². The molecule has 0 aromatic carbocycles. The lowest BCUT2D eigenvalue weighted by molar-refractivity contribution is -0.870. The SMILES string of the molecule is CCCCCCCCCCCCCC/C=C/OC[C@H](COP(=O)(O)OCC[N+](C)(C)C)OC(=O)CCC/C=C\C/C=C\C/C=C\C=C\C(=O)CCCCC. The minimum absolute atomic E-state index is 0.00838. The summed E-state index contributed by atoms with van der Waals surface area (Å²) in [6.07, 6.45) is 41.9. The van der Waals surface area contributed by atoms with Crippen molar-refractivity contribution in [3.63, 3.8) is 0 Å². The van der Waals surface area contributed by atoms with Crippen molar-refractivity contribution < 1.29 is 42.1 Å².